The van der Waals surface area contributed by atoms with Gasteiger partial charge >= 0.3 is 6.18 Å². The van der Waals surface area contributed by atoms with E-state index < -0.39 is 35.8 Å². The van der Waals surface area contributed by atoms with Crippen LogP contribution in [-0.2, 0) is 28.7 Å². The monoisotopic (exact) mass is 491 g/mol. The van der Waals surface area contributed by atoms with E-state index in [4.69, 9.17) is 0 Å². The van der Waals surface area contributed by atoms with E-state index in [0.717, 1.165) is 22.8 Å². The largest absolute Gasteiger partial charge is 0.416 e. The molecule has 2 fully saturated rings. The fraction of sp³-hybridized carbons (Fsp3) is 0.440. The Labute approximate surface area is 201 Å². The third-order valence-electron chi connectivity index (χ3n) is 6.58. The van der Waals surface area contributed by atoms with Crippen LogP contribution in [0.4, 0.5) is 13.2 Å². The number of β-amino-alcohol motifs (C(OH)–C–C–N with tert-alkyl or cyclic N) is 1. The molecular formula is C25H28F3N3O4. The Balaban J connectivity index is 1.54. The van der Waals surface area contributed by atoms with E-state index in [9.17, 15) is 33.1 Å². The molecule has 0 aromatic heterocycles. The summed E-state index contributed by atoms with van der Waals surface area (Å²) in [5.74, 6) is -0.816. The van der Waals surface area contributed by atoms with Gasteiger partial charge in [-0.2, -0.15) is 18.2 Å². The SMILES string of the molecule is O=C([C@@H]1C[C@@H](O)CN1O)N1CC(=O)N(Cc2cccc(C(F)(F)F)c2)[C@@H](CCc2ccccc2)C1. The molecule has 35 heavy (non-hydrogen) atoms. The molecule has 0 radical (unpaired) electrons. The average molecular weight is 492 g/mol. The molecule has 0 spiro atoms. The zero-order valence-corrected chi connectivity index (χ0v) is 19.1. The standard InChI is InChI=1S/C25H28F3N3O4/c26-25(27,28)19-8-4-7-18(11-19)13-30-20(10-9-17-5-2-1-3-6-17)14-29(16-23(30)33)24(34)22-12-21(32)15-31(22)35/h1-8,11,20-22,32,35H,9-10,12-16H2/t20-,21+,22-/m0/s1. The van der Waals surface area contributed by atoms with Gasteiger partial charge in [-0.3, -0.25) is 9.59 Å². The molecule has 0 unspecified atom stereocenters. The summed E-state index contributed by atoms with van der Waals surface area (Å²) in [6.07, 6.45) is -4.12. The van der Waals surface area contributed by atoms with E-state index in [1.54, 1.807) is 11.0 Å². The molecule has 3 atom stereocenters. The van der Waals surface area contributed by atoms with Crippen molar-refractivity contribution in [3.05, 3.63) is 71.3 Å². The smallest absolute Gasteiger partial charge is 0.392 e. The van der Waals surface area contributed by atoms with Crippen LogP contribution in [0.5, 0.6) is 0 Å². The first kappa shape index (κ1) is 25.2. The van der Waals surface area contributed by atoms with Crippen LogP contribution in [0.25, 0.3) is 0 Å². The van der Waals surface area contributed by atoms with Gasteiger partial charge in [0.2, 0.25) is 11.8 Å². The van der Waals surface area contributed by atoms with Crippen molar-refractivity contribution in [2.24, 2.45) is 0 Å². The Morgan fingerprint density at radius 1 is 1.03 bits per heavy atom. The molecule has 2 aliphatic rings. The molecule has 2 heterocycles. The Bertz CT molecular complexity index is 1050. The molecule has 188 valence electrons. The predicted octanol–water partition coefficient (Wildman–Crippen LogP) is 2.70. The number of aliphatic hydroxyl groups excluding tert-OH is 1. The maximum Gasteiger partial charge on any atom is 0.416 e. The topological polar surface area (TPSA) is 84.3 Å². The number of aliphatic hydroxyl groups is 1. The van der Waals surface area contributed by atoms with E-state index in [2.05, 4.69) is 0 Å². The summed E-state index contributed by atoms with van der Waals surface area (Å²) in [6.45, 7) is -0.0906. The van der Waals surface area contributed by atoms with Gasteiger partial charge in [0.25, 0.3) is 0 Å². The Hall–Kier alpha value is -2.95. The number of carbonyl (C=O) groups excluding carboxylic acids is 2. The fourth-order valence-electron chi connectivity index (χ4n) is 4.76. The molecular weight excluding hydrogens is 463 g/mol. The van der Waals surface area contributed by atoms with Crippen LogP contribution in [0, 0.1) is 0 Å². The highest BCUT2D eigenvalue weighted by Gasteiger charge is 2.42. The maximum absolute atomic E-state index is 13.2. The highest BCUT2D eigenvalue weighted by atomic mass is 19.4. The van der Waals surface area contributed by atoms with Gasteiger partial charge in [-0.05, 0) is 36.1 Å². The number of rotatable bonds is 6. The molecule has 2 amide bonds. The number of carbonyl (C=O) groups is 2. The predicted molar refractivity (Wildman–Crippen MR) is 120 cm³/mol. The summed E-state index contributed by atoms with van der Waals surface area (Å²) in [7, 11) is 0. The lowest BCUT2D eigenvalue weighted by atomic mass is 9.99. The molecule has 2 aromatic rings. The van der Waals surface area contributed by atoms with Crippen LogP contribution in [0.2, 0.25) is 0 Å². The number of hydrogen-bond donors (Lipinski definition) is 2. The van der Waals surface area contributed by atoms with Crippen LogP contribution < -0.4 is 0 Å². The van der Waals surface area contributed by atoms with Gasteiger partial charge in [-0.25, -0.2) is 0 Å². The van der Waals surface area contributed by atoms with E-state index in [1.807, 2.05) is 30.3 Å². The first-order valence-corrected chi connectivity index (χ1v) is 11.5. The number of amides is 2. The summed E-state index contributed by atoms with van der Waals surface area (Å²) in [5.41, 5.74) is 0.626. The molecule has 2 saturated heterocycles. The number of hydrogen-bond acceptors (Lipinski definition) is 5. The second kappa shape index (κ2) is 10.3. The van der Waals surface area contributed by atoms with Crippen molar-refractivity contribution in [1.82, 2.24) is 14.9 Å². The van der Waals surface area contributed by atoms with E-state index in [1.165, 1.54) is 11.0 Å². The lowest BCUT2D eigenvalue weighted by molar-refractivity contribution is -0.163. The summed E-state index contributed by atoms with van der Waals surface area (Å²) in [4.78, 5) is 29.1. The van der Waals surface area contributed by atoms with Crippen LogP contribution in [0.1, 0.15) is 29.5 Å². The first-order valence-electron chi connectivity index (χ1n) is 11.5. The minimum Gasteiger partial charge on any atom is -0.392 e. The normalized spacial score (nSPS) is 23.7. The zero-order valence-electron chi connectivity index (χ0n) is 19.1. The van der Waals surface area contributed by atoms with E-state index in [0.29, 0.717) is 18.4 Å². The van der Waals surface area contributed by atoms with Crippen molar-refractivity contribution in [2.75, 3.05) is 19.6 Å². The van der Waals surface area contributed by atoms with E-state index in [-0.39, 0.29) is 38.5 Å². The fourth-order valence-corrected chi connectivity index (χ4v) is 4.76. The molecule has 0 saturated carbocycles. The summed E-state index contributed by atoms with van der Waals surface area (Å²) >= 11 is 0. The molecule has 7 nitrogen and oxygen atoms in total. The number of aryl methyl sites for hydroxylation is 1. The molecule has 2 aliphatic heterocycles. The molecule has 2 N–H and O–H groups in total. The van der Waals surface area contributed by atoms with Gasteiger partial charge in [0.1, 0.15) is 6.04 Å². The van der Waals surface area contributed by atoms with Gasteiger partial charge in [0, 0.05) is 19.5 Å². The third kappa shape index (κ3) is 6.01. The number of halogens is 3. The van der Waals surface area contributed by atoms with Crippen molar-refractivity contribution in [1.29, 1.82) is 0 Å². The van der Waals surface area contributed by atoms with E-state index >= 15 is 0 Å². The minimum absolute atomic E-state index is 0.00148. The minimum atomic E-state index is -4.49. The first-order chi connectivity index (χ1) is 16.6. The molecule has 10 heteroatoms. The Kier molecular flexibility index (Phi) is 7.44. The second-order valence-electron chi connectivity index (χ2n) is 9.14. The van der Waals surface area contributed by atoms with Gasteiger partial charge in [-0.1, -0.05) is 42.5 Å². The van der Waals surface area contributed by atoms with Crippen molar-refractivity contribution in [3.63, 3.8) is 0 Å². The van der Waals surface area contributed by atoms with Crippen molar-refractivity contribution < 1.29 is 33.1 Å². The van der Waals surface area contributed by atoms with Crippen molar-refractivity contribution in [3.8, 4) is 0 Å². The molecule has 4 rings (SSSR count). The van der Waals surface area contributed by atoms with Gasteiger partial charge < -0.3 is 20.1 Å². The highest BCUT2D eigenvalue weighted by Crippen LogP contribution is 2.30. The number of hydroxylamine groups is 2. The van der Waals surface area contributed by atoms with Crippen molar-refractivity contribution in [2.45, 2.75) is 50.2 Å². The van der Waals surface area contributed by atoms with Gasteiger partial charge in [-0.15, -0.1) is 0 Å². The van der Waals surface area contributed by atoms with Crippen LogP contribution in [0.15, 0.2) is 54.6 Å². The number of alkyl halides is 3. The average Bonchev–Trinajstić information content (AvgIpc) is 3.16. The van der Waals surface area contributed by atoms with Gasteiger partial charge in [0.15, 0.2) is 0 Å². The third-order valence-corrected chi connectivity index (χ3v) is 6.58. The maximum atomic E-state index is 13.2. The number of piperazine rings is 1. The lowest BCUT2D eigenvalue weighted by Crippen LogP contribution is -2.59. The van der Waals surface area contributed by atoms with Crippen LogP contribution >= 0.6 is 0 Å². The highest BCUT2D eigenvalue weighted by molar-refractivity contribution is 5.89. The quantitative estimate of drug-likeness (QED) is 0.649. The van der Waals surface area contributed by atoms with Crippen LogP contribution in [-0.4, -0.2) is 74.8 Å². The summed E-state index contributed by atoms with van der Waals surface area (Å²) < 4.78 is 39.6. The molecule has 0 aliphatic carbocycles. The lowest BCUT2D eigenvalue weighted by Gasteiger charge is -2.42. The Morgan fingerprint density at radius 2 is 1.74 bits per heavy atom. The molecule has 0 bridgehead atoms. The summed E-state index contributed by atoms with van der Waals surface area (Å²) in [6, 6.07) is 13.2. The number of nitrogens with zero attached hydrogens (tertiary/aromatic N) is 3. The Morgan fingerprint density at radius 3 is 2.40 bits per heavy atom. The summed E-state index contributed by atoms with van der Waals surface area (Å²) in [5, 5.41) is 20.6. The number of benzene rings is 2. The van der Waals surface area contributed by atoms with Crippen LogP contribution in [0.3, 0.4) is 0 Å². The van der Waals surface area contributed by atoms with Crippen molar-refractivity contribution >= 4 is 11.8 Å². The van der Waals surface area contributed by atoms with Gasteiger partial charge in [0.05, 0.1) is 30.8 Å². The zero-order chi connectivity index (χ0) is 25.2. The molecule has 2 aromatic carbocycles. The second-order valence-corrected chi connectivity index (χ2v) is 9.14.